The molecular weight excluding hydrogens is 186 g/mol. The van der Waals surface area contributed by atoms with E-state index < -0.39 is 0 Å². The van der Waals surface area contributed by atoms with Crippen molar-refractivity contribution in [2.75, 3.05) is 6.54 Å². The highest BCUT2D eigenvalue weighted by Crippen LogP contribution is 2.36. The van der Waals surface area contributed by atoms with Crippen molar-refractivity contribution in [2.45, 2.75) is 70.6 Å². The fourth-order valence-corrected chi connectivity index (χ4v) is 2.93. The Morgan fingerprint density at radius 3 is 2.67 bits per heavy atom. The summed E-state index contributed by atoms with van der Waals surface area (Å²) < 4.78 is 6.29. The maximum absolute atomic E-state index is 6.29. The Labute approximate surface area is 93.8 Å². The van der Waals surface area contributed by atoms with E-state index in [0.29, 0.717) is 6.10 Å². The lowest BCUT2D eigenvalue weighted by atomic mass is 9.83. The number of hydrogen-bond acceptors (Lipinski definition) is 2. The molecule has 1 saturated carbocycles. The highest BCUT2D eigenvalue weighted by molar-refractivity contribution is 4.88. The number of ether oxygens (including phenoxy) is 1. The van der Waals surface area contributed by atoms with Crippen LogP contribution in [0.1, 0.15) is 58.8 Å². The molecule has 1 N–H and O–H groups in total. The minimum absolute atomic E-state index is 0.0601. The topological polar surface area (TPSA) is 21.3 Å². The molecule has 1 spiro atoms. The molecule has 0 aromatic rings. The zero-order valence-corrected chi connectivity index (χ0v) is 10.2. The van der Waals surface area contributed by atoms with Gasteiger partial charge in [0.05, 0.1) is 6.10 Å². The molecule has 2 aliphatic rings. The van der Waals surface area contributed by atoms with E-state index >= 15 is 0 Å². The molecule has 0 aromatic carbocycles. The zero-order chi connectivity index (χ0) is 10.7. The van der Waals surface area contributed by atoms with E-state index in [0.717, 1.165) is 12.5 Å². The highest BCUT2D eigenvalue weighted by atomic mass is 16.5. The molecule has 0 bridgehead atoms. The average Bonchev–Trinajstić information content (AvgIpc) is 2.24. The van der Waals surface area contributed by atoms with E-state index in [1.807, 2.05) is 0 Å². The van der Waals surface area contributed by atoms with E-state index in [1.165, 1.54) is 44.9 Å². The van der Waals surface area contributed by atoms with Crippen molar-refractivity contribution in [1.29, 1.82) is 0 Å². The van der Waals surface area contributed by atoms with Crippen LogP contribution in [0.5, 0.6) is 0 Å². The third-order valence-electron chi connectivity index (χ3n) is 4.00. The number of rotatable bonds is 2. The lowest BCUT2D eigenvalue weighted by Gasteiger charge is -2.46. The smallest absolute Gasteiger partial charge is 0.119 e. The fraction of sp³-hybridized carbons (Fsp3) is 1.00. The first-order chi connectivity index (χ1) is 7.24. The van der Waals surface area contributed by atoms with Gasteiger partial charge in [-0.3, -0.25) is 5.32 Å². The Bertz CT molecular complexity index is 195. The van der Waals surface area contributed by atoms with Gasteiger partial charge in [0.2, 0.25) is 0 Å². The zero-order valence-electron chi connectivity index (χ0n) is 10.2. The van der Waals surface area contributed by atoms with Crippen LogP contribution in [-0.2, 0) is 4.74 Å². The molecule has 2 rings (SSSR count). The third-order valence-corrected chi connectivity index (χ3v) is 4.00. The van der Waals surface area contributed by atoms with Crippen LogP contribution in [0.25, 0.3) is 0 Å². The van der Waals surface area contributed by atoms with E-state index in [-0.39, 0.29) is 5.72 Å². The average molecular weight is 211 g/mol. The van der Waals surface area contributed by atoms with Crippen molar-refractivity contribution < 1.29 is 4.74 Å². The summed E-state index contributed by atoms with van der Waals surface area (Å²) in [5.41, 5.74) is 0.0601. The fourth-order valence-electron chi connectivity index (χ4n) is 2.93. The Morgan fingerprint density at radius 2 is 2.00 bits per heavy atom. The summed E-state index contributed by atoms with van der Waals surface area (Å²) in [5, 5.41) is 3.62. The summed E-state index contributed by atoms with van der Waals surface area (Å²) in [6.07, 6.45) is 9.28. The Balaban J connectivity index is 1.90. The molecule has 2 nitrogen and oxygen atoms in total. The van der Waals surface area contributed by atoms with Crippen molar-refractivity contribution in [1.82, 2.24) is 5.32 Å². The molecule has 1 unspecified atom stereocenters. The van der Waals surface area contributed by atoms with Crippen LogP contribution in [0, 0.1) is 5.92 Å². The molecule has 15 heavy (non-hydrogen) atoms. The van der Waals surface area contributed by atoms with Crippen LogP contribution >= 0.6 is 0 Å². The largest absolute Gasteiger partial charge is 0.357 e. The Kier molecular flexibility index (Phi) is 3.68. The summed E-state index contributed by atoms with van der Waals surface area (Å²) in [4.78, 5) is 0. The molecule has 0 amide bonds. The number of hydrogen-bond donors (Lipinski definition) is 1. The molecule has 1 saturated heterocycles. The predicted molar refractivity (Wildman–Crippen MR) is 62.8 cm³/mol. The van der Waals surface area contributed by atoms with Crippen LogP contribution in [0.3, 0.4) is 0 Å². The van der Waals surface area contributed by atoms with Gasteiger partial charge >= 0.3 is 0 Å². The molecule has 0 aromatic heterocycles. The lowest BCUT2D eigenvalue weighted by Crippen LogP contribution is -2.56. The molecule has 2 fully saturated rings. The van der Waals surface area contributed by atoms with E-state index in [4.69, 9.17) is 4.74 Å². The SMILES string of the molecule is CCCC1CCNC2(CCC(C)CC2)O1. The minimum Gasteiger partial charge on any atom is -0.357 e. The standard InChI is InChI=1S/C13H25NO/c1-3-4-12-7-10-14-13(15-12)8-5-11(2)6-9-13/h11-12,14H,3-10H2,1-2H3. The van der Waals surface area contributed by atoms with Crippen LogP contribution in [0.2, 0.25) is 0 Å². The van der Waals surface area contributed by atoms with Gasteiger partial charge in [0, 0.05) is 6.54 Å². The monoisotopic (exact) mass is 211 g/mol. The predicted octanol–water partition coefficient (Wildman–Crippen LogP) is 3.07. The van der Waals surface area contributed by atoms with Crippen molar-refractivity contribution in [3.05, 3.63) is 0 Å². The summed E-state index contributed by atoms with van der Waals surface area (Å²) in [6, 6.07) is 0. The van der Waals surface area contributed by atoms with Gasteiger partial charge in [-0.2, -0.15) is 0 Å². The van der Waals surface area contributed by atoms with Crippen LogP contribution < -0.4 is 5.32 Å². The second kappa shape index (κ2) is 4.84. The maximum atomic E-state index is 6.29. The Hall–Kier alpha value is -0.0800. The minimum atomic E-state index is 0.0601. The van der Waals surface area contributed by atoms with Gasteiger partial charge in [0.15, 0.2) is 0 Å². The van der Waals surface area contributed by atoms with Crippen LogP contribution in [-0.4, -0.2) is 18.4 Å². The molecule has 1 aliphatic heterocycles. The van der Waals surface area contributed by atoms with Gasteiger partial charge < -0.3 is 4.74 Å². The summed E-state index contributed by atoms with van der Waals surface area (Å²) >= 11 is 0. The van der Waals surface area contributed by atoms with Gasteiger partial charge in [-0.05, 0) is 44.4 Å². The second-order valence-corrected chi connectivity index (χ2v) is 5.42. The van der Waals surface area contributed by atoms with E-state index in [1.54, 1.807) is 0 Å². The van der Waals surface area contributed by atoms with E-state index in [9.17, 15) is 0 Å². The summed E-state index contributed by atoms with van der Waals surface area (Å²) in [6.45, 7) is 5.76. The van der Waals surface area contributed by atoms with Gasteiger partial charge in [0.1, 0.15) is 5.72 Å². The first kappa shape index (κ1) is 11.4. The molecule has 88 valence electrons. The Morgan fingerprint density at radius 1 is 1.27 bits per heavy atom. The molecule has 0 radical (unpaired) electrons. The highest BCUT2D eigenvalue weighted by Gasteiger charge is 2.38. The quantitative estimate of drug-likeness (QED) is 0.758. The molecule has 1 aliphatic carbocycles. The van der Waals surface area contributed by atoms with Crippen molar-refractivity contribution in [3.8, 4) is 0 Å². The van der Waals surface area contributed by atoms with Crippen molar-refractivity contribution >= 4 is 0 Å². The van der Waals surface area contributed by atoms with Gasteiger partial charge in [-0.25, -0.2) is 0 Å². The van der Waals surface area contributed by atoms with Crippen LogP contribution in [0.4, 0.5) is 0 Å². The van der Waals surface area contributed by atoms with Gasteiger partial charge in [-0.15, -0.1) is 0 Å². The van der Waals surface area contributed by atoms with Gasteiger partial charge in [0.25, 0.3) is 0 Å². The molecule has 2 heteroatoms. The van der Waals surface area contributed by atoms with Crippen molar-refractivity contribution in [2.24, 2.45) is 5.92 Å². The second-order valence-electron chi connectivity index (χ2n) is 5.42. The van der Waals surface area contributed by atoms with E-state index in [2.05, 4.69) is 19.2 Å². The first-order valence-electron chi connectivity index (χ1n) is 6.67. The summed E-state index contributed by atoms with van der Waals surface area (Å²) in [7, 11) is 0. The van der Waals surface area contributed by atoms with Crippen LogP contribution in [0.15, 0.2) is 0 Å². The molecular formula is C13H25NO. The molecule has 1 atom stereocenters. The number of nitrogens with one attached hydrogen (secondary N) is 1. The molecule has 1 heterocycles. The maximum Gasteiger partial charge on any atom is 0.119 e. The van der Waals surface area contributed by atoms with Gasteiger partial charge in [-0.1, -0.05) is 20.3 Å². The first-order valence-corrected chi connectivity index (χ1v) is 6.67. The summed E-state index contributed by atoms with van der Waals surface area (Å²) in [5.74, 6) is 0.896. The lowest BCUT2D eigenvalue weighted by molar-refractivity contribution is -0.165. The normalized spacial score (nSPS) is 42.0. The third kappa shape index (κ3) is 2.73. The van der Waals surface area contributed by atoms with Crippen molar-refractivity contribution in [3.63, 3.8) is 0 Å².